The molecule has 0 aliphatic heterocycles. The summed E-state index contributed by atoms with van der Waals surface area (Å²) < 4.78 is 0. The molecule has 0 saturated carbocycles. The largest absolute Gasteiger partial charge is 0.590 e. The van der Waals surface area contributed by atoms with E-state index in [0.717, 1.165) is 0 Å². The van der Waals surface area contributed by atoms with Gasteiger partial charge < -0.3 is 16.1 Å². The lowest BCUT2D eigenvalue weighted by molar-refractivity contribution is -0.863. The number of hydrogen-bond acceptors (Lipinski definition) is 9. The molecule has 0 bridgehead atoms. The Hall–Kier alpha value is -3.09. The third-order valence-electron chi connectivity index (χ3n) is 2.27. The zero-order valence-corrected chi connectivity index (χ0v) is 9.84. The van der Waals surface area contributed by atoms with Crippen molar-refractivity contribution in [3.8, 4) is 0 Å². The zero-order chi connectivity index (χ0) is 15.2. The number of nitro benzene ring substituents is 2. The molecule has 2 N–H and O–H groups in total. The zero-order valence-electron chi connectivity index (χ0n) is 9.09. The van der Waals surface area contributed by atoms with Gasteiger partial charge in [-0.25, -0.2) is 0 Å². The van der Waals surface area contributed by atoms with Crippen LogP contribution in [0.5, 0.6) is 0 Å². The van der Waals surface area contributed by atoms with E-state index < -0.39 is 52.8 Å². The number of hydrogen-bond donors (Lipinski definition) is 1. The molecule has 0 radical (unpaired) electrons. The first-order valence-corrected chi connectivity index (χ1v) is 4.95. The summed E-state index contributed by atoms with van der Waals surface area (Å²) in [6.45, 7) is 0. The van der Waals surface area contributed by atoms with Crippen LogP contribution in [0.4, 0.5) is 17.1 Å². The minimum atomic E-state index is -1.12. The highest BCUT2D eigenvalue weighted by molar-refractivity contribution is 6.37. The Morgan fingerprint density at radius 1 is 1.15 bits per heavy atom. The minimum absolute atomic E-state index is 0.402. The van der Waals surface area contributed by atoms with Crippen molar-refractivity contribution in [2.45, 2.75) is 0 Å². The van der Waals surface area contributed by atoms with Gasteiger partial charge in [0.2, 0.25) is 5.02 Å². The number of nitrogens with two attached hydrogens (primary N) is 1. The monoisotopic (exact) mass is 303 g/mol. The summed E-state index contributed by atoms with van der Waals surface area (Å²) in [5.41, 5.74) is 0.881. The molecule has 1 heterocycles. The van der Waals surface area contributed by atoms with Crippen molar-refractivity contribution in [1.29, 1.82) is 0 Å². The normalized spacial score (nSPS) is 10.7. The van der Waals surface area contributed by atoms with Crippen molar-refractivity contribution in [3.63, 3.8) is 0 Å². The molecule has 0 aliphatic rings. The topological polar surface area (TPSA) is 192 Å². The van der Waals surface area contributed by atoms with Gasteiger partial charge in [-0.3, -0.25) is 20.2 Å². The second kappa shape index (κ2) is 4.23. The molecule has 0 saturated heterocycles. The predicted molar refractivity (Wildman–Crippen MR) is 60.2 cm³/mol. The number of benzene rings is 1. The number of rotatable bonds is 2. The maximum atomic E-state index is 11.5. The van der Waals surface area contributed by atoms with Crippen molar-refractivity contribution in [3.05, 3.63) is 35.7 Å². The van der Waals surface area contributed by atoms with E-state index in [2.05, 4.69) is 10.3 Å². The molecule has 0 amide bonds. The van der Waals surface area contributed by atoms with Crippen LogP contribution < -0.4 is 15.5 Å². The van der Waals surface area contributed by atoms with Gasteiger partial charge in [-0.15, -0.1) is 0 Å². The predicted octanol–water partition coefficient (Wildman–Crippen LogP) is -1.05. The maximum Gasteiger partial charge on any atom is 0.333 e. The van der Waals surface area contributed by atoms with Crippen LogP contribution in [0, 0.1) is 30.6 Å². The summed E-state index contributed by atoms with van der Waals surface area (Å²) in [7, 11) is 0. The fourth-order valence-corrected chi connectivity index (χ4v) is 1.87. The van der Waals surface area contributed by atoms with Crippen molar-refractivity contribution in [1.82, 2.24) is 10.3 Å². The van der Waals surface area contributed by atoms with E-state index in [1.54, 1.807) is 0 Å². The average molecular weight is 304 g/mol. The molecule has 2 rings (SSSR count). The fourth-order valence-electron chi connectivity index (χ4n) is 1.54. The number of fused-ring (bicyclic) bond motifs is 1. The highest BCUT2D eigenvalue weighted by Crippen LogP contribution is 2.42. The number of aromatic nitrogens is 4. The van der Waals surface area contributed by atoms with Crippen LogP contribution in [0.2, 0.25) is 5.02 Å². The molecule has 0 aliphatic carbocycles. The molecule has 13 nitrogen and oxygen atoms in total. The van der Waals surface area contributed by atoms with Crippen LogP contribution in [0.1, 0.15) is 0 Å². The third-order valence-corrected chi connectivity index (χ3v) is 2.63. The quantitative estimate of drug-likeness (QED) is 0.237. The molecule has 1 aromatic carbocycles. The molecular weight excluding hydrogens is 302 g/mol. The molecule has 104 valence electrons. The summed E-state index contributed by atoms with van der Waals surface area (Å²) in [6.07, 6.45) is 0. The van der Waals surface area contributed by atoms with Gasteiger partial charge in [-0.1, -0.05) is 11.6 Å². The first kappa shape index (κ1) is 13.3. The van der Waals surface area contributed by atoms with E-state index in [4.69, 9.17) is 17.3 Å². The van der Waals surface area contributed by atoms with Gasteiger partial charge in [0.1, 0.15) is 4.96 Å². The molecule has 0 unspecified atom stereocenters. The Bertz CT molecular complexity index is 778. The number of nitrogens with zero attached hydrogens (tertiary/aromatic N) is 6. The smallest absolute Gasteiger partial charge is 0.333 e. The van der Waals surface area contributed by atoms with Gasteiger partial charge in [-0.2, -0.15) is 0 Å². The minimum Gasteiger partial charge on any atom is -0.590 e. The molecule has 20 heavy (non-hydrogen) atoms. The van der Waals surface area contributed by atoms with Crippen molar-refractivity contribution in [2.24, 2.45) is 0 Å². The molecule has 0 fully saturated rings. The summed E-state index contributed by atoms with van der Waals surface area (Å²) in [5.74, 6) is 0. The van der Waals surface area contributed by atoms with E-state index in [-0.39, 0.29) is 0 Å². The number of nitrogen functional groups attached to an aromatic ring is 1. The van der Waals surface area contributed by atoms with Gasteiger partial charge in [0.05, 0.1) is 14.9 Å². The van der Waals surface area contributed by atoms with Crippen LogP contribution >= 0.6 is 11.6 Å². The molecule has 0 spiro atoms. The molecule has 2 aromatic rings. The van der Waals surface area contributed by atoms with Crippen molar-refractivity contribution < 1.29 is 19.7 Å². The summed E-state index contributed by atoms with van der Waals surface area (Å²) in [6, 6.07) is 0. The number of halogens is 1. The Morgan fingerprint density at radius 3 is 2.20 bits per heavy atom. The van der Waals surface area contributed by atoms with E-state index in [1.807, 2.05) is 0 Å². The van der Waals surface area contributed by atoms with Gasteiger partial charge in [0.25, 0.3) is 5.52 Å². The maximum absolute atomic E-state index is 11.5. The van der Waals surface area contributed by atoms with Crippen molar-refractivity contribution >= 4 is 39.7 Å². The van der Waals surface area contributed by atoms with Crippen molar-refractivity contribution in [2.75, 3.05) is 5.73 Å². The Morgan fingerprint density at radius 2 is 1.70 bits per heavy atom. The van der Waals surface area contributed by atoms with Gasteiger partial charge >= 0.3 is 22.1 Å². The average Bonchev–Trinajstić information content (AvgIpc) is 2.25. The van der Waals surface area contributed by atoms with E-state index in [9.17, 15) is 30.6 Å². The Balaban J connectivity index is 3.16. The molecular formula is C6H2ClN7O6. The molecule has 0 atom stereocenters. The Kier molecular flexibility index (Phi) is 2.82. The summed E-state index contributed by atoms with van der Waals surface area (Å²) in [5, 5.41) is 49.0. The number of nitro groups is 2. The van der Waals surface area contributed by atoms with Crippen LogP contribution in [-0.2, 0) is 0 Å². The Labute approximate surface area is 112 Å². The molecule has 14 heteroatoms. The summed E-state index contributed by atoms with van der Waals surface area (Å²) >= 11 is 5.54. The van der Waals surface area contributed by atoms with Crippen LogP contribution in [0.15, 0.2) is 0 Å². The summed E-state index contributed by atoms with van der Waals surface area (Å²) in [4.78, 5) is 18.6. The van der Waals surface area contributed by atoms with Gasteiger partial charge in [0.15, 0.2) is 5.69 Å². The second-order valence-corrected chi connectivity index (χ2v) is 3.73. The highest BCUT2D eigenvalue weighted by atomic mass is 35.5. The van der Waals surface area contributed by atoms with Gasteiger partial charge in [-0.05, 0) is 0 Å². The SMILES string of the molecule is Nc1c([N+](=O)[O-])c(Cl)c([N+](=O)[O-])c2n[n+]([O-])n[n+]([O-])c12. The van der Waals surface area contributed by atoms with E-state index >= 15 is 0 Å². The number of anilines is 1. The second-order valence-electron chi connectivity index (χ2n) is 3.35. The highest BCUT2D eigenvalue weighted by Gasteiger charge is 2.39. The molecule has 1 aromatic heterocycles. The van der Waals surface area contributed by atoms with Gasteiger partial charge in [0, 0.05) is 4.85 Å². The van der Waals surface area contributed by atoms with Crippen LogP contribution in [0.3, 0.4) is 0 Å². The fraction of sp³-hybridized carbons (Fsp3) is 0. The third kappa shape index (κ3) is 1.72. The first-order valence-electron chi connectivity index (χ1n) is 4.57. The van der Waals surface area contributed by atoms with E-state index in [0.29, 0.717) is 0 Å². The lowest BCUT2D eigenvalue weighted by atomic mass is 10.2. The standard InChI is InChI=1S/C6H2ClN7O6/c7-1-4(12(16)17)2(8)6-3(5(1)13(18)19)9-14(20)10-11(6)15/h8H2. The van der Waals surface area contributed by atoms with Crippen LogP contribution in [-0.4, -0.2) is 20.2 Å². The lowest BCUT2D eigenvalue weighted by Gasteiger charge is -2.03. The lowest BCUT2D eigenvalue weighted by Crippen LogP contribution is -2.50. The first-order chi connectivity index (χ1) is 9.25. The van der Waals surface area contributed by atoms with E-state index in [1.165, 1.54) is 0 Å². The van der Waals surface area contributed by atoms with Crippen LogP contribution in [0.25, 0.3) is 11.0 Å².